The fourth-order valence-electron chi connectivity index (χ4n) is 3.65. The highest BCUT2D eigenvalue weighted by Gasteiger charge is 2.28. The van der Waals surface area contributed by atoms with Crippen molar-refractivity contribution in [2.75, 3.05) is 19.6 Å². The maximum Gasteiger partial charge on any atom is 0.328 e. The molecule has 1 N–H and O–H groups in total. The van der Waals surface area contributed by atoms with Crippen molar-refractivity contribution in [3.05, 3.63) is 80.7 Å². The predicted octanol–water partition coefficient (Wildman–Crippen LogP) is 2.03. The third-order valence-corrected chi connectivity index (χ3v) is 5.20. The van der Waals surface area contributed by atoms with Crippen LogP contribution in [0, 0.1) is 11.7 Å². The molecule has 0 saturated carbocycles. The van der Waals surface area contributed by atoms with E-state index in [4.69, 9.17) is 0 Å². The SMILES string of the molecule is O=C(CC1CN(CCn2c(=O)[nH]c3ccccc3c2=O)C1)c1ccc(F)cc1. The van der Waals surface area contributed by atoms with E-state index in [9.17, 15) is 18.8 Å². The summed E-state index contributed by atoms with van der Waals surface area (Å²) in [7, 11) is 0. The average Bonchev–Trinajstić information content (AvgIpc) is 2.65. The van der Waals surface area contributed by atoms with E-state index < -0.39 is 5.69 Å². The van der Waals surface area contributed by atoms with Gasteiger partial charge in [-0.05, 0) is 42.3 Å². The number of benzene rings is 2. The molecule has 0 unspecified atom stereocenters. The number of halogens is 1. The smallest absolute Gasteiger partial charge is 0.307 e. The number of nitrogens with one attached hydrogen (secondary N) is 1. The number of carbonyl (C=O) groups excluding carboxylic acids is 1. The first-order valence-corrected chi connectivity index (χ1v) is 9.24. The van der Waals surface area contributed by atoms with E-state index in [2.05, 4.69) is 9.88 Å². The second-order valence-electron chi connectivity index (χ2n) is 7.19. The Kier molecular flexibility index (Phi) is 4.92. The number of Topliss-reactive ketones (excluding diaryl/α,β-unsaturated/α-hetero) is 1. The van der Waals surface area contributed by atoms with Gasteiger partial charge >= 0.3 is 5.69 Å². The standard InChI is InChI=1S/C21H20FN3O3/c22-16-7-5-15(6-8-16)19(26)11-14-12-24(13-14)9-10-25-20(27)17-3-1-2-4-18(17)23-21(25)28/h1-8,14H,9-13H2,(H,23,28). The molecule has 0 spiro atoms. The Morgan fingerprint density at radius 1 is 1.04 bits per heavy atom. The minimum absolute atomic E-state index is 0.00634. The first-order chi connectivity index (χ1) is 13.5. The molecule has 0 amide bonds. The summed E-state index contributed by atoms with van der Waals surface area (Å²) < 4.78 is 14.2. The van der Waals surface area contributed by atoms with Crippen molar-refractivity contribution in [1.82, 2.24) is 14.5 Å². The number of hydrogen-bond acceptors (Lipinski definition) is 4. The molecular formula is C21H20FN3O3. The van der Waals surface area contributed by atoms with Crippen LogP contribution in [0.15, 0.2) is 58.1 Å². The number of carbonyl (C=O) groups is 1. The topological polar surface area (TPSA) is 75.2 Å². The van der Waals surface area contributed by atoms with Gasteiger partial charge < -0.3 is 9.88 Å². The van der Waals surface area contributed by atoms with Gasteiger partial charge in [-0.25, -0.2) is 9.18 Å². The van der Waals surface area contributed by atoms with Gasteiger partial charge in [0, 0.05) is 38.2 Å². The zero-order chi connectivity index (χ0) is 19.7. The number of H-pyrrole nitrogens is 1. The van der Waals surface area contributed by atoms with Gasteiger partial charge in [-0.15, -0.1) is 0 Å². The Morgan fingerprint density at radius 3 is 2.50 bits per heavy atom. The molecule has 1 aromatic heterocycles. The van der Waals surface area contributed by atoms with Crippen LogP contribution in [0.1, 0.15) is 16.8 Å². The summed E-state index contributed by atoms with van der Waals surface area (Å²) in [5.74, 6) is -0.110. The normalized spacial score (nSPS) is 14.9. The monoisotopic (exact) mass is 381 g/mol. The van der Waals surface area contributed by atoms with Crippen LogP contribution in [-0.4, -0.2) is 39.9 Å². The minimum Gasteiger partial charge on any atom is -0.307 e. The molecule has 28 heavy (non-hydrogen) atoms. The van der Waals surface area contributed by atoms with Crippen molar-refractivity contribution in [2.45, 2.75) is 13.0 Å². The number of rotatable bonds is 6. The number of para-hydroxylation sites is 1. The molecule has 1 aliphatic rings. The van der Waals surface area contributed by atoms with Crippen LogP contribution in [-0.2, 0) is 6.54 Å². The highest BCUT2D eigenvalue weighted by molar-refractivity contribution is 5.96. The number of aromatic amines is 1. The van der Waals surface area contributed by atoms with E-state index in [0.717, 1.165) is 13.1 Å². The Labute approximate surface area is 160 Å². The Hall–Kier alpha value is -3.06. The number of ketones is 1. The molecule has 1 saturated heterocycles. The second-order valence-corrected chi connectivity index (χ2v) is 7.19. The van der Waals surface area contributed by atoms with Crippen molar-refractivity contribution in [3.8, 4) is 0 Å². The molecule has 1 fully saturated rings. The first kappa shape index (κ1) is 18.3. The molecule has 7 heteroatoms. The van der Waals surface area contributed by atoms with Gasteiger partial charge in [0.2, 0.25) is 0 Å². The highest BCUT2D eigenvalue weighted by Crippen LogP contribution is 2.21. The van der Waals surface area contributed by atoms with Gasteiger partial charge in [0.15, 0.2) is 5.78 Å². The molecule has 0 radical (unpaired) electrons. The van der Waals surface area contributed by atoms with Gasteiger partial charge in [-0.1, -0.05) is 12.1 Å². The highest BCUT2D eigenvalue weighted by atomic mass is 19.1. The Balaban J connectivity index is 1.33. The molecule has 2 aromatic carbocycles. The fraction of sp³-hybridized carbons (Fsp3) is 0.286. The summed E-state index contributed by atoms with van der Waals surface area (Å²) in [6, 6.07) is 12.5. The van der Waals surface area contributed by atoms with Crippen molar-refractivity contribution >= 4 is 16.7 Å². The number of hydrogen-bond donors (Lipinski definition) is 1. The van der Waals surface area contributed by atoms with E-state index in [1.54, 1.807) is 24.3 Å². The molecule has 144 valence electrons. The van der Waals surface area contributed by atoms with Crippen molar-refractivity contribution in [1.29, 1.82) is 0 Å². The van der Waals surface area contributed by atoms with Crippen LogP contribution in [0.25, 0.3) is 10.9 Å². The molecule has 2 heterocycles. The number of nitrogens with zero attached hydrogens (tertiary/aromatic N) is 2. The summed E-state index contributed by atoms with van der Waals surface area (Å²) in [6.07, 6.45) is 0.415. The molecule has 4 rings (SSSR count). The summed E-state index contributed by atoms with van der Waals surface area (Å²) in [5, 5.41) is 0.494. The van der Waals surface area contributed by atoms with Crippen LogP contribution in [0.2, 0.25) is 0 Å². The van der Waals surface area contributed by atoms with Crippen LogP contribution in [0.4, 0.5) is 4.39 Å². The van der Waals surface area contributed by atoms with E-state index in [0.29, 0.717) is 36.0 Å². The van der Waals surface area contributed by atoms with Gasteiger partial charge in [-0.3, -0.25) is 14.2 Å². The van der Waals surface area contributed by atoms with Crippen LogP contribution < -0.4 is 11.2 Å². The summed E-state index contributed by atoms with van der Waals surface area (Å²) in [5.41, 5.74) is 0.362. The zero-order valence-corrected chi connectivity index (χ0v) is 15.2. The lowest BCUT2D eigenvalue weighted by Gasteiger charge is -2.39. The third-order valence-electron chi connectivity index (χ3n) is 5.20. The number of likely N-dealkylation sites (tertiary alicyclic amines) is 1. The quantitative estimate of drug-likeness (QED) is 0.663. The lowest BCUT2D eigenvalue weighted by Crippen LogP contribution is -2.50. The molecule has 0 atom stereocenters. The second kappa shape index (κ2) is 7.52. The van der Waals surface area contributed by atoms with Gasteiger partial charge in [0.05, 0.1) is 10.9 Å². The van der Waals surface area contributed by atoms with Gasteiger partial charge in [0.25, 0.3) is 5.56 Å². The molecular weight excluding hydrogens is 361 g/mol. The van der Waals surface area contributed by atoms with Crippen LogP contribution >= 0.6 is 0 Å². The number of aromatic nitrogens is 2. The molecule has 3 aromatic rings. The first-order valence-electron chi connectivity index (χ1n) is 9.24. The van der Waals surface area contributed by atoms with Crippen LogP contribution in [0.5, 0.6) is 0 Å². The fourth-order valence-corrected chi connectivity index (χ4v) is 3.65. The lowest BCUT2D eigenvalue weighted by atomic mass is 9.92. The van der Waals surface area contributed by atoms with Crippen LogP contribution in [0.3, 0.4) is 0 Å². The molecule has 1 aliphatic heterocycles. The Bertz CT molecular complexity index is 1130. The van der Waals surface area contributed by atoms with E-state index in [1.165, 1.54) is 28.8 Å². The Morgan fingerprint density at radius 2 is 1.75 bits per heavy atom. The molecule has 0 bridgehead atoms. The lowest BCUT2D eigenvalue weighted by molar-refractivity contribution is 0.0722. The van der Waals surface area contributed by atoms with E-state index in [-0.39, 0.29) is 23.1 Å². The van der Waals surface area contributed by atoms with Crippen molar-refractivity contribution in [2.24, 2.45) is 5.92 Å². The van der Waals surface area contributed by atoms with Gasteiger partial charge in [-0.2, -0.15) is 0 Å². The predicted molar refractivity (Wildman–Crippen MR) is 104 cm³/mol. The zero-order valence-electron chi connectivity index (χ0n) is 15.2. The van der Waals surface area contributed by atoms with Crippen molar-refractivity contribution < 1.29 is 9.18 Å². The summed E-state index contributed by atoms with van der Waals surface area (Å²) in [4.78, 5) is 41.8. The minimum atomic E-state index is -0.410. The van der Waals surface area contributed by atoms with E-state index in [1.807, 2.05) is 0 Å². The summed E-state index contributed by atoms with van der Waals surface area (Å²) in [6.45, 7) is 2.36. The number of fused-ring (bicyclic) bond motifs is 1. The molecule has 0 aliphatic carbocycles. The maximum absolute atomic E-state index is 12.9. The molecule has 6 nitrogen and oxygen atoms in total. The van der Waals surface area contributed by atoms with E-state index >= 15 is 0 Å². The third kappa shape index (κ3) is 3.66. The summed E-state index contributed by atoms with van der Waals surface area (Å²) >= 11 is 0. The van der Waals surface area contributed by atoms with Gasteiger partial charge in [0.1, 0.15) is 5.82 Å². The average molecular weight is 381 g/mol. The maximum atomic E-state index is 12.9. The largest absolute Gasteiger partial charge is 0.328 e. The van der Waals surface area contributed by atoms with Crippen molar-refractivity contribution in [3.63, 3.8) is 0 Å².